The first-order chi connectivity index (χ1) is 4.30. The first kappa shape index (κ1) is 7.38. The second-order valence-corrected chi connectivity index (χ2v) is 2.94. The monoisotopic (exact) mass is 151 g/mol. The lowest BCUT2D eigenvalue weighted by atomic mass is 10.5. The molecule has 4 nitrogen and oxygen atoms in total. The van der Waals surface area contributed by atoms with E-state index in [4.69, 9.17) is 14.5 Å². The fourth-order valence-corrected chi connectivity index (χ4v) is 1.25. The summed E-state index contributed by atoms with van der Waals surface area (Å²) in [7, 11) is -1.87. The van der Waals surface area contributed by atoms with Gasteiger partial charge in [0.1, 0.15) is 0 Å². The van der Waals surface area contributed by atoms with Crippen molar-refractivity contribution in [1.82, 2.24) is 4.67 Å². The molecule has 1 fully saturated rings. The Labute approximate surface area is 55.0 Å². The molecule has 0 unspecified atom stereocenters. The first-order valence-electron chi connectivity index (χ1n) is 2.81. The van der Waals surface area contributed by atoms with Crippen LogP contribution in [0.25, 0.3) is 0 Å². The summed E-state index contributed by atoms with van der Waals surface area (Å²) in [5.74, 6) is 0. The Kier molecular flexibility index (Phi) is 2.82. The Morgan fingerprint density at radius 1 is 1.22 bits per heavy atom. The fraction of sp³-hybridized carbons (Fsp3) is 1.00. The van der Waals surface area contributed by atoms with Gasteiger partial charge in [0.25, 0.3) is 8.53 Å². The van der Waals surface area contributed by atoms with E-state index in [1.54, 1.807) is 4.67 Å². The summed E-state index contributed by atoms with van der Waals surface area (Å²) >= 11 is 0. The molecule has 0 saturated carbocycles. The molecule has 1 heterocycles. The largest absolute Gasteiger partial charge is 0.379 e. The molecule has 1 aliphatic heterocycles. The molecule has 0 aliphatic carbocycles. The van der Waals surface area contributed by atoms with Crippen molar-refractivity contribution in [2.45, 2.75) is 0 Å². The zero-order valence-corrected chi connectivity index (χ0v) is 5.92. The van der Waals surface area contributed by atoms with Crippen LogP contribution in [0.3, 0.4) is 0 Å². The molecule has 0 aromatic carbocycles. The van der Waals surface area contributed by atoms with Crippen molar-refractivity contribution in [3.8, 4) is 0 Å². The van der Waals surface area contributed by atoms with E-state index in [-0.39, 0.29) is 0 Å². The number of hydrogen-bond acceptors (Lipinski definition) is 4. The van der Waals surface area contributed by atoms with Crippen molar-refractivity contribution in [2.24, 2.45) is 0 Å². The molecule has 5 heteroatoms. The van der Waals surface area contributed by atoms with E-state index in [9.17, 15) is 0 Å². The minimum Gasteiger partial charge on any atom is -0.379 e. The quantitative estimate of drug-likeness (QED) is 0.497. The zero-order valence-electron chi connectivity index (χ0n) is 5.03. The van der Waals surface area contributed by atoms with E-state index < -0.39 is 8.53 Å². The number of ether oxygens (including phenoxy) is 1. The van der Waals surface area contributed by atoms with Gasteiger partial charge in [0.05, 0.1) is 13.2 Å². The molecule has 0 atom stereocenters. The van der Waals surface area contributed by atoms with Gasteiger partial charge in [-0.25, -0.2) is 4.67 Å². The summed E-state index contributed by atoms with van der Waals surface area (Å²) in [6.07, 6.45) is 0. The average Bonchev–Trinajstić information content (AvgIpc) is 1.90. The molecule has 1 rings (SSSR count). The van der Waals surface area contributed by atoms with Crippen LogP contribution in [0.15, 0.2) is 0 Å². The van der Waals surface area contributed by atoms with Gasteiger partial charge in [-0.15, -0.1) is 0 Å². The Balaban J connectivity index is 2.23. The maximum atomic E-state index is 8.67. The minimum absolute atomic E-state index is 0.611. The van der Waals surface area contributed by atoms with Crippen LogP contribution in [0.4, 0.5) is 0 Å². The van der Waals surface area contributed by atoms with Crippen molar-refractivity contribution in [1.29, 1.82) is 0 Å². The number of morpholine rings is 1. The summed E-state index contributed by atoms with van der Waals surface area (Å²) in [6, 6.07) is 0. The molecule has 2 N–H and O–H groups in total. The van der Waals surface area contributed by atoms with Gasteiger partial charge in [0, 0.05) is 13.1 Å². The molecular weight excluding hydrogens is 141 g/mol. The molecule has 0 amide bonds. The van der Waals surface area contributed by atoms with E-state index in [2.05, 4.69) is 0 Å². The summed E-state index contributed by atoms with van der Waals surface area (Å²) in [4.78, 5) is 17.3. The highest BCUT2D eigenvalue weighted by molar-refractivity contribution is 7.42. The summed E-state index contributed by atoms with van der Waals surface area (Å²) in [5, 5.41) is 0. The lowest BCUT2D eigenvalue weighted by Gasteiger charge is -2.26. The van der Waals surface area contributed by atoms with Crippen molar-refractivity contribution in [3.05, 3.63) is 0 Å². The normalized spacial score (nSPS) is 23.0. The van der Waals surface area contributed by atoms with E-state index in [0.717, 1.165) is 0 Å². The molecule has 9 heavy (non-hydrogen) atoms. The van der Waals surface area contributed by atoms with Crippen LogP contribution in [0.1, 0.15) is 0 Å². The van der Waals surface area contributed by atoms with Crippen LogP contribution in [0.2, 0.25) is 0 Å². The SMILES string of the molecule is OP(O)N1CCOCC1. The lowest BCUT2D eigenvalue weighted by Crippen LogP contribution is -2.32. The third-order valence-corrected chi connectivity index (χ3v) is 2.15. The molecular formula is C4H10NO3P. The van der Waals surface area contributed by atoms with Gasteiger partial charge < -0.3 is 14.5 Å². The highest BCUT2D eigenvalue weighted by atomic mass is 31.2. The molecule has 0 bridgehead atoms. The lowest BCUT2D eigenvalue weighted by molar-refractivity contribution is 0.0673. The summed E-state index contributed by atoms with van der Waals surface area (Å²) in [5.41, 5.74) is 0. The van der Waals surface area contributed by atoms with Crippen LogP contribution in [0, 0.1) is 0 Å². The maximum Gasteiger partial charge on any atom is 0.253 e. The molecule has 1 aliphatic rings. The molecule has 54 valence electrons. The fourth-order valence-electron chi connectivity index (χ4n) is 0.733. The maximum absolute atomic E-state index is 8.67. The van der Waals surface area contributed by atoms with Crippen molar-refractivity contribution in [2.75, 3.05) is 26.3 Å². The Morgan fingerprint density at radius 2 is 1.78 bits per heavy atom. The van der Waals surface area contributed by atoms with Gasteiger partial charge in [-0.3, -0.25) is 0 Å². The Morgan fingerprint density at radius 3 is 2.11 bits per heavy atom. The molecule has 0 aromatic rings. The van der Waals surface area contributed by atoms with Crippen LogP contribution in [-0.4, -0.2) is 40.8 Å². The second kappa shape index (κ2) is 3.44. The van der Waals surface area contributed by atoms with Gasteiger partial charge in [-0.1, -0.05) is 0 Å². The van der Waals surface area contributed by atoms with Crippen molar-refractivity contribution >= 4 is 8.53 Å². The number of hydrogen-bond donors (Lipinski definition) is 2. The van der Waals surface area contributed by atoms with E-state index >= 15 is 0 Å². The highest BCUT2D eigenvalue weighted by Gasteiger charge is 2.16. The first-order valence-corrected chi connectivity index (χ1v) is 4.01. The minimum atomic E-state index is -1.87. The smallest absolute Gasteiger partial charge is 0.253 e. The van der Waals surface area contributed by atoms with Gasteiger partial charge >= 0.3 is 0 Å². The number of rotatable bonds is 1. The van der Waals surface area contributed by atoms with Crippen molar-refractivity contribution in [3.63, 3.8) is 0 Å². The van der Waals surface area contributed by atoms with E-state index in [1.807, 2.05) is 0 Å². The van der Waals surface area contributed by atoms with Crippen LogP contribution >= 0.6 is 8.53 Å². The summed E-state index contributed by atoms with van der Waals surface area (Å²) in [6.45, 7) is 2.50. The highest BCUT2D eigenvalue weighted by Crippen LogP contribution is 2.29. The standard InChI is InChI=1S/C4H10NO3P/c6-9(7)5-1-3-8-4-2-5/h6-7H,1-4H2. The zero-order chi connectivity index (χ0) is 6.69. The third kappa shape index (κ3) is 2.16. The second-order valence-electron chi connectivity index (χ2n) is 1.83. The Hall–Kier alpha value is 0.270. The van der Waals surface area contributed by atoms with Gasteiger partial charge in [-0.05, 0) is 0 Å². The predicted octanol–water partition coefficient (Wildman–Crippen LogP) is -0.470. The average molecular weight is 151 g/mol. The third-order valence-electron chi connectivity index (χ3n) is 1.24. The summed E-state index contributed by atoms with van der Waals surface area (Å²) < 4.78 is 6.61. The van der Waals surface area contributed by atoms with Crippen molar-refractivity contribution < 1.29 is 14.5 Å². The Bertz CT molecular complexity index is 83.9. The molecule has 1 saturated heterocycles. The van der Waals surface area contributed by atoms with Crippen LogP contribution in [0.5, 0.6) is 0 Å². The predicted molar refractivity (Wildman–Crippen MR) is 33.7 cm³/mol. The van der Waals surface area contributed by atoms with Gasteiger partial charge in [0.2, 0.25) is 0 Å². The van der Waals surface area contributed by atoms with Gasteiger partial charge in [0.15, 0.2) is 0 Å². The van der Waals surface area contributed by atoms with Crippen LogP contribution < -0.4 is 0 Å². The molecule has 0 spiro atoms. The van der Waals surface area contributed by atoms with Crippen LogP contribution in [-0.2, 0) is 4.74 Å². The number of nitrogens with zero attached hydrogens (tertiary/aromatic N) is 1. The van der Waals surface area contributed by atoms with Gasteiger partial charge in [-0.2, -0.15) is 0 Å². The topological polar surface area (TPSA) is 52.9 Å². The molecule has 0 radical (unpaired) electrons. The molecule has 0 aromatic heterocycles. The van der Waals surface area contributed by atoms with E-state index in [0.29, 0.717) is 26.3 Å². The van der Waals surface area contributed by atoms with E-state index in [1.165, 1.54) is 0 Å².